The van der Waals surface area contributed by atoms with Crippen molar-refractivity contribution in [2.75, 3.05) is 11.9 Å². The van der Waals surface area contributed by atoms with Crippen LogP contribution in [0.5, 0.6) is 0 Å². The summed E-state index contributed by atoms with van der Waals surface area (Å²) >= 11 is 5.59. The number of rotatable bonds is 7. The number of carbonyl (C=O) groups is 2. The molecule has 2 aromatic heterocycles. The minimum atomic E-state index is -4.67. The molecule has 162 valence electrons. The van der Waals surface area contributed by atoms with Crippen LogP contribution in [0.3, 0.4) is 0 Å². The Hall–Kier alpha value is -3.46. The zero-order valence-corrected chi connectivity index (χ0v) is 16.6. The van der Waals surface area contributed by atoms with Gasteiger partial charge in [0.2, 0.25) is 11.8 Å². The van der Waals surface area contributed by atoms with Crippen molar-refractivity contribution in [3.8, 4) is 0 Å². The van der Waals surface area contributed by atoms with Crippen molar-refractivity contribution >= 4 is 35.2 Å². The van der Waals surface area contributed by atoms with Gasteiger partial charge < -0.3 is 19.1 Å². The minimum absolute atomic E-state index is 0.0177. The Balaban J connectivity index is 1.73. The maximum atomic E-state index is 13.0. The van der Waals surface area contributed by atoms with Crippen molar-refractivity contribution in [2.24, 2.45) is 0 Å². The van der Waals surface area contributed by atoms with E-state index >= 15 is 0 Å². The van der Waals surface area contributed by atoms with E-state index in [9.17, 15) is 22.8 Å². The fourth-order valence-electron chi connectivity index (χ4n) is 2.64. The van der Waals surface area contributed by atoms with Crippen molar-refractivity contribution in [3.63, 3.8) is 0 Å². The summed E-state index contributed by atoms with van der Waals surface area (Å²) in [6, 6.07) is 9.57. The molecule has 0 fully saturated rings. The van der Waals surface area contributed by atoms with Gasteiger partial charge in [-0.1, -0.05) is 11.6 Å². The number of hydrogen-bond donors (Lipinski definition) is 1. The van der Waals surface area contributed by atoms with Crippen LogP contribution in [0.2, 0.25) is 5.02 Å². The highest BCUT2D eigenvalue weighted by Crippen LogP contribution is 2.36. The van der Waals surface area contributed by atoms with Gasteiger partial charge in [-0.25, -0.2) is 0 Å². The SMILES string of the molecule is O=C(CN(Cc1ccco1)C(=O)/C=C/c1ccco1)Nc1ccc(Cl)c(C(F)(F)F)c1. The fourth-order valence-corrected chi connectivity index (χ4v) is 2.87. The van der Waals surface area contributed by atoms with E-state index < -0.39 is 35.1 Å². The molecule has 10 heteroatoms. The summed E-state index contributed by atoms with van der Waals surface area (Å²) < 4.78 is 49.4. The third-order valence-corrected chi connectivity index (χ3v) is 4.39. The molecule has 0 aliphatic heterocycles. The van der Waals surface area contributed by atoms with E-state index in [0.29, 0.717) is 11.5 Å². The molecule has 6 nitrogen and oxygen atoms in total. The standard InChI is InChI=1S/C21H16ClF3N2O4/c22-18-7-5-14(11-17(18)21(23,24)25)26-19(28)13-27(12-16-4-2-10-31-16)20(29)8-6-15-3-1-9-30-15/h1-11H,12-13H2,(H,26,28)/b8-6+. The van der Waals surface area contributed by atoms with E-state index in [0.717, 1.165) is 12.1 Å². The summed E-state index contributed by atoms with van der Waals surface area (Å²) in [6.07, 6.45) is 0.849. The molecule has 0 unspecified atom stereocenters. The van der Waals surface area contributed by atoms with Gasteiger partial charge in [-0.15, -0.1) is 0 Å². The Morgan fingerprint density at radius 2 is 1.84 bits per heavy atom. The van der Waals surface area contributed by atoms with E-state index in [1.165, 1.54) is 35.6 Å². The molecule has 2 amide bonds. The van der Waals surface area contributed by atoms with E-state index in [2.05, 4.69) is 5.32 Å². The lowest BCUT2D eigenvalue weighted by molar-refractivity contribution is -0.137. The Kier molecular flexibility index (Phi) is 6.86. The monoisotopic (exact) mass is 452 g/mol. The second kappa shape index (κ2) is 9.57. The van der Waals surface area contributed by atoms with Gasteiger partial charge in [-0.2, -0.15) is 13.2 Å². The second-order valence-electron chi connectivity index (χ2n) is 6.36. The summed E-state index contributed by atoms with van der Waals surface area (Å²) in [5.41, 5.74) is -1.17. The number of nitrogens with one attached hydrogen (secondary N) is 1. The first-order valence-corrected chi connectivity index (χ1v) is 9.29. The van der Waals surface area contributed by atoms with Crippen molar-refractivity contribution in [2.45, 2.75) is 12.7 Å². The van der Waals surface area contributed by atoms with Crippen LogP contribution in [0.15, 0.2) is 69.9 Å². The number of nitrogens with zero attached hydrogens (tertiary/aromatic N) is 1. The van der Waals surface area contributed by atoms with Crippen LogP contribution in [0.1, 0.15) is 17.1 Å². The predicted octanol–water partition coefficient (Wildman–Crippen LogP) is 5.23. The molecule has 0 saturated carbocycles. The van der Waals surface area contributed by atoms with Crippen LogP contribution in [0.25, 0.3) is 6.08 Å². The van der Waals surface area contributed by atoms with E-state index in [1.807, 2.05) is 0 Å². The van der Waals surface area contributed by atoms with Gasteiger partial charge in [0.25, 0.3) is 0 Å². The Morgan fingerprint density at radius 3 is 2.48 bits per heavy atom. The maximum Gasteiger partial charge on any atom is 0.417 e. The Bertz CT molecular complexity index is 1060. The van der Waals surface area contributed by atoms with Gasteiger partial charge in [-0.05, 0) is 48.5 Å². The molecule has 3 aromatic rings. The minimum Gasteiger partial charge on any atom is -0.467 e. The van der Waals surface area contributed by atoms with Crippen molar-refractivity contribution < 1.29 is 31.6 Å². The lowest BCUT2D eigenvalue weighted by Crippen LogP contribution is -2.36. The fraction of sp³-hybridized carbons (Fsp3) is 0.143. The van der Waals surface area contributed by atoms with Crippen molar-refractivity contribution in [1.82, 2.24) is 4.90 Å². The number of carbonyl (C=O) groups excluding carboxylic acids is 2. The van der Waals surface area contributed by atoms with Gasteiger partial charge in [0.1, 0.15) is 18.1 Å². The smallest absolute Gasteiger partial charge is 0.417 e. The molecule has 0 spiro atoms. The lowest BCUT2D eigenvalue weighted by atomic mass is 10.2. The summed E-state index contributed by atoms with van der Waals surface area (Å²) in [6.45, 7) is -0.442. The molecule has 0 aliphatic rings. The van der Waals surface area contributed by atoms with Crippen molar-refractivity contribution in [3.05, 3.63) is 83.2 Å². The third-order valence-electron chi connectivity index (χ3n) is 4.06. The maximum absolute atomic E-state index is 13.0. The molecular weight excluding hydrogens is 437 g/mol. The first-order valence-electron chi connectivity index (χ1n) is 8.92. The Labute approximate surface area is 179 Å². The zero-order chi connectivity index (χ0) is 22.4. The van der Waals surface area contributed by atoms with Crippen LogP contribution in [-0.4, -0.2) is 23.3 Å². The second-order valence-corrected chi connectivity index (χ2v) is 6.77. The van der Waals surface area contributed by atoms with Gasteiger partial charge >= 0.3 is 6.18 Å². The average molecular weight is 453 g/mol. The molecule has 1 N–H and O–H groups in total. The number of hydrogen-bond acceptors (Lipinski definition) is 4. The van der Waals surface area contributed by atoms with Gasteiger partial charge in [0.15, 0.2) is 0 Å². The molecule has 0 saturated heterocycles. The van der Waals surface area contributed by atoms with Crippen LogP contribution >= 0.6 is 11.6 Å². The summed E-state index contributed by atoms with van der Waals surface area (Å²) in [4.78, 5) is 26.2. The highest BCUT2D eigenvalue weighted by Gasteiger charge is 2.33. The normalized spacial score (nSPS) is 11.6. The molecule has 3 rings (SSSR count). The van der Waals surface area contributed by atoms with E-state index in [-0.39, 0.29) is 12.2 Å². The van der Waals surface area contributed by atoms with Crippen molar-refractivity contribution in [1.29, 1.82) is 0 Å². The summed E-state index contributed by atoms with van der Waals surface area (Å²) in [5.74, 6) is -0.341. The molecule has 0 atom stereocenters. The molecule has 0 radical (unpaired) electrons. The number of amides is 2. The Morgan fingerprint density at radius 1 is 1.10 bits per heavy atom. The van der Waals surface area contributed by atoms with E-state index in [4.69, 9.17) is 20.4 Å². The number of benzene rings is 1. The average Bonchev–Trinajstić information content (AvgIpc) is 3.40. The van der Waals surface area contributed by atoms with Crippen LogP contribution in [0.4, 0.5) is 18.9 Å². The van der Waals surface area contributed by atoms with Gasteiger partial charge in [-0.3, -0.25) is 9.59 Å². The van der Waals surface area contributed by atoms with E-state index in [1.54, 1.807) is 24.3 Å². The highest BCUT2D eigenvalue weighted by molar-refractivity contribution is 6.31. The van der Waals surface area contributed by atoms with Gasteiger partial charge in [0, 0.05) is 11.8 Å². The zero-order valence-electron chi connectivity index (χ0n) is 15.9. The molecule has 1 aromatic carbocycles. The molecular formula is C21H16ClF3N2O4. The summed E-state index contributed by atoms with van der Waals surface area (Å²) in [7, 11) is 0. The van der Waals surface area contributed by atoms with Crippen LogP contribution in [0, 0.1) is 0 Å². The number of anilines is 1. The largest absolute Gasteiger partial charge is 0.467 e. The number of alkyl halides is 3. The molecule has 0 aliphatic carbocycles. The third kappa shape index (κ3) is 6.26. The van der Waals surface area contributed by atoms with Gasteiger partial charge in [0.05, 0.1) is 29.7 Å². The quantitative estimate of drug-likeness (QED) is 0.498. The molecule has 2 heterocycles. The number of furan rings is 2. The number of halogens is 4. The summed E-state index contributed by atoms with van der Waals surface area (Å²) in [5, 5.41) is 1.87. The lowest BCUT2D eigenvalue weighted by Gasteiger charge is -2.20. The topological polar surface area (TPSA) is 75.7 Å². The van der Waals surface area contributed by atoms with Crippen LogP contribution in [-0.2, 0) is 22.3 Å². The molecule has 0 bridgehead atoms. The first kappa shape index (κ1) is 22.2. The molecule has 31 heavy (non-hydrogen) atoms. The van der Waals surface area contributed by atoms with Crippen LogP contribution < -0.4 is 5.32 Å². The predicted molar refractivity (Wildman–Crippen MR) is 107 cm³/mol. The highest BCUT2D eigenvalue weighted by atomic mass is 35.5. The first-order chi connectivity index (χ1) is 14.7.